The second kappa shape index (κ2) is 3.10. The molecule has 0 bridgehead atoms. The van der Waals surface area contributed by atoms with Crippen molar-refractivity contribution >= 4 is 0 Å². The van der Waals surface area contributed by atoms with Gasteiger partial charge in [0.2, 0.25) is 0 Å². The number of rotatable bonds is 3. The molecule has 0 aliphatic rings. The fourth-order valence-electron chi connectivity index (χ4n) is 0.161. The Balaban J connectivity index is 3.60. The van der Waals surface area contributed by atoms with E-state index in [1.54, 1.807) is 6.92 Å². The van der Waals surface area contributed by atoms with E-state index in [1.165, 1.54) is 0 Å². The van der Waals surface area contributed by atoms with Crippen molar-refractivity contribution in [1.29, 1.82) is 0 Å². The Labute approximate surface area is 49.8 Å². The van der Waals surface area contributed by atoms with Gasteiger partial charge in [0.1, 0.15) is 0 Å². The van der Waals surface area contributed by atoms with E-state index < -0.39 is 15.0 Å². The van der Waals surface area contributed by atoms with Gasteiger partial charge in [-0.1, -0.05) is 0 Å². The van der Waals surface area contributed by atoms with Crippen LogP contribution < -0.4 is 0 Å². The van der Waals surface area contributed by atoms with Crippen LogP contribution in [0.1, 0.15) is 13.3 Å². The SMILES string of the molecule is CCC[O][Ru](=[O])(=[O])=[O]. The van der Waals surface area contributed by atoms with Gasteiger partial charge in [-0.15, -0.1) is 0 Å². The van der Waals surface area contributed by atoms with Crippen LogP contribution in [0.25, 0.3) is 0 Å². The summed E-state index contributed by atoms with van der Waals surface area (Å²) in [6, 6.07) is 0. The standard InChI is InChI=1S/C3H7O.3O.Ru/c1-2-3-4;;;;/h2-3H2,1H3;;;;/q-1;;;;+1. The van der Waals surface area contributed by atoms with E-state index in [4.69, 9.17) is 0 Å². The van der Waals surface area contributed by atoms with E-state index in [1.807, 2.05) is 0 Å². The van der Waals surface area contributed by atoms with E-state index in [9.17, 15) is 10.7 Å². The Morgan fingerprint density at radius 1 is 1.38 bits per heavy atom. The molecule has 0 amide bonds. The van der Waals surface area contributed by atoms with E-state index >= 15 is 0 Å². The summed E-state index contributed by atoms with van der Waals surface area (Å²) in [6.07, 6.45) is 0.551. The third kappa shape index (κ3) is 5.98. The van der Waals surface area contributed by atoms with Crippen molar-refractivity contribution in [2.75, 3.05) is 6.61 Å². The first-order valence-corrected chi connectivity index (χ1v) is 4.91. The molecule has 0 aliphatic carbocycles. The van der Waals surface area contributed by atoms with Crippen LogP contribution in [0.4, 0.5) is 0 Å². The second-order valence-corrected chi connectivity index (χ2v) is 3.40. The van der Waals surface area contributed by atoms with Gasteiger partial charge in [-0.3, -0.25) is 0 Å². The van der Waals surface area contributed by atoms with Gasteiger partial charge in [0.15, 0.2) is 0 Å². The first-order valence-electron chi connectivity index (χ1n) is 2.07. The zero-order chi connectivity index (χ0) is 6.62. The average molecular weight is 208 g/mol. The molecule has 0 rings (SSSR count). The molecule has 0 radical (unpaired) electrons. The van der Waals surface area contributed by atoms with Crippen LogP contribution in [0.5, 0.6) is 0 Å². The molecule has 0 N–H and O–H groups in total. The van der Waals surface area contributed by atoms with E-state index in [-0.39, 0.29) is 6.61 Å². The molecule has 0 saturated carbocycles. The van der Waals surface area contributed by atoms with Gasteiger partial charge in [0, 0.05) is 0 Å². The van der Waals surface area contributed by atoms with Crippen LogP contribution in [-0.2, 0) is 29.3 Å². The third-order valence-corrected chi connectivity index (χ3v) is 1.37. The molecular formula is C3H7O4Ru. The van der Waals surface area contributed by atoms with Gasteiger partial charge >= 0.3 is 49.2 Å². The van der Waals surface area contributed by atoms with Crippen LogP contribution in [-0.4, -0.2) is 6.61 Å². The van der Waals surface area contributed by atoms with Crippen LogP contribution in [0.2, 0.25) is 0 Å². The number of hydrogen-bond donors (Lipinski definition) is 0. The first-order chi connectivity index (χ1) is 3.56. The summed E-state index contributed by atoms with van der Waals surface area (Å²) in [6.45, 7) is 1.74. The molecular weight excluding hydrogens is 201 g/mol. The van der Waals surface area contributed by atoms with Crippen LogP contribution in [0, 0.1) is 0 Å². The van der Waals surface area contributed by atoms with Crippen molar-refractivity contribution in [3.8, 4) is 0 Å². The Kier molecular flexibility index (Phi) is 3.09. The first kappa shape index (κ1) is 7.98. The molecule has 8 heavy (non-hydrogen) atoms. The summed E-state index contributed by atoms with van der Waals surface area (Å²) in [5.74, 6) is 0. The maximum atomic E-state index is 9.70. The molecule has 51 valence electrons. The molecule has 0 spiro atoms. The summed E-state index contributed by atoms with van der Waals surface area (Å²) in [4.78, 5) is 0. The van der Waals surface area contributed by atoms with E-state index in [0.29, 0.717) is 6.42 Å². The summed E-state index contributed by atoms with van der Waals surface area (Å²) >= 11 is -5.20. The predicted molar refractivity (Wildman–Crippen MR) is 18.3 cm³/mol. The second-order valence-electron chi connectivity index (χ2n) is 1.16. The predicted octanol–water partition coefficient (Wildman–Crippen LogP) is 0.518. The fourth-order valence-corrected chi connectivity index (χ4v) is 0.950. The van der Waals surface area contributed by atoms with Gasteiger partial charge in [-0.25, -0.2) is 0 Å². The monoisotopic (exact) mass is 209 g/mol. The van der Waals surface area contributed by atoms with Crippen molar-refractivity contribution in [1.82, 2.24) is 0 Å². The van der Waals surface area contributed by atoms with Gasteiger partial charge in [-0.2, -0.15) is 0 Å². The zero-order valence-electron chi connectivity index (χ0n) is 4.40. The van der Waals surface area contributed by atoms with Crippen LogP contribution >= 0.6 is 0 Å². The molecule has 5 heteroatoms. The van der Waals surface area contributed by atoms with E-state index in [0.717, 1.165) is 0 Å². The molecule has 0 aliphatic heterocycles. The van der Waals surface area contributed by atoms with Crippen LogP contribution in [0.15, 0.2) is 0 Å². The summed E-state index contributed by atoms with van der Waals surface area (Å²) in [7, 11) is 0. The van der Waals surface area contributed by atoms with Crippen LogP contribution in [0.3, 0.4) is 0 Å². The Morgan fingerprint density at radius 3 is 2.00 bits per heavy atom. The topological polar surface area (TPSA) is 60.4 Å². The normalized spacial score (nSPS) is 11.6. The summed E-state index contributed by atoms with van der Waals surface area (Å²) < 4.78 is 33.0. The molecule has 0 saturated heterocycles. The summed E-state index contributed by atoms with van der Waals surface area (Å²) in [5.41, 5.74) is 0. The average Bonchev–Trinajstić information content (AvgIpc) is 1.59. The maximum absolute atomic E-state index is 9.70. The molecule has 0 aromatic heterocycles. The molecule has 0 unspecified atom stereocenters. The summed E-state index contributed by atoms with van der Waals surface area (Å²) in [5, 5.41) is 0. The molecule has 0 atom stereocenters. The van der Waals surface area contributed by atoms with Gasteiger partial charge in [-0.05, 0) is 0 Å². The van der Waals surface area contributed by atoms with Crippen molar-refractivity contribution in [3.05, 3.63) is 0 Å². The molecule has 0 aromatic rings. The molecule has 0 heterocycles. The fraction of sp³-hybridized carbons (Fsp3) is 1.00. The Bertz CT molecular complexity index is 168. The Hall–Kier alpha value is -0.0166. The Morgan fingerprint density at radius 2 is 1.88 bits per heavy atom. The van der Waals surface area contributed by atoms with Crippen molar-refractivity contribution in [2.45, 2.75) is 13.3 Å². The molecule has 0 aromatic carbocycles. The van der Waals surface area contributed by atoms with Gasteiger partial charge in [0.05, 0.1) is 0 Å². The number of hydrogen-bond acceptors (Lipinski definition) is 4. The zero-order valence-corrected chi connectivity index (χ0v) is 6.14. The third-order valence-electron chi connectivity index (χ3n) is 0.401. The van der Waals surface area contributed by atoms with E-state index in [2.05, 4.69) is 3.56 Å². The van der Waals surface area contributed by atoms with Gasteiger partial charge in [0.25, 0.3) is 0 Å². The van der Waals surface area contributed by atoms with Crippen molar-refractivity contribution in [3.63, 3.8) is 0 Å². The minimum atomic E-state index is -5.20. The quantitative estimate of drug-likeness (QED) is 0.634. The van der Waals surface area contributed by atoms with Crippen molar-refractivity contribution in [2.24, 2.45) is 0 Å². The minimum absolute atomic E-state index is 0.0165. The van der Waals surface area contributed by atoms with Crippen molar-refractivity contribution < 1.29 is 29.3 Å². The molecule has 4 nitrogen and oxygen atoms in total. The van der Waals surface area contributed by atoms with Gasteiger partial charge < -0.3 is 0 Å². The molecule has 0 fully saturated rings.